The predicted octanol–water partition coefficient (Wildman–Crippen LogP) is 3.33. The van der Waals surface area contributed by atoms with Crippen LogP contribution < -0.4 is 0 Å². The number of aliphatic hydroxyl groups excluding tert-OH is 1. The molecular formula is C36H44O12. The highest BCUT2D eigenvalue weighted by Crippen LogP contribution is 2.34. The average Bonchev–Trinajstić information content (AvgIpc) is 3.11. The average molecular weight is 669 g/mol. The summed E-state index contributed by atoms with van der Waals surface area (Å²) in [6, 6.07) is 28.7. The minimum Gasteiger partial charge on any atom is -0.479 e. The fourth-order valence-corrected chi connectivity index (χ4v) is 6.01. The number of methoxy groups -OCH3 is 3. The van der Waals surface area contributed by atoms with E-state index < -0.39 is 67.4 Å². The van der Waals surface area contributed by atoms with E-state index in [1.807, 2.05) is 91.0 Å². The van der Waals surface area contributed by atoms with Gasteiger partial charge in [-0.15, -0.1) is 0 Å². The quantitative estimate of drug-likeness (QED) is 0.231. The number of aliphatic carboxylic acids is 1. The smallest absolute Gasteiger partial charge is 0.335 e. The summed E-state index contributed by atoms with van der Waals surface area (Å²) >= 11 is 0. The zero-order valence-corrected chi connectivity index (χ0v) is 27.2. The molecule has 0 radical (unpaired) electrons. The summed E-state index contributed by atoms with van der Waals surface area (Å²) < 4.78 is 54.5. The third kappa shape index (κ3) is 9.04. The maximum atomic E-state index is 12.3. The van der Waals surface area contributed by atoms with Crippen molar-refractivity contribution in [2.45, 2.75) is 81.2 Å². The number of carboxylic acid groups (broad SMARTS) is 1. The van der Waals surface area contributed by atoms with Gasteiger partial charge in [0.2, 0.25) is 0 Å². The summed E-state index contributed by atoms with van der Waals surface area (Å²) in [7, 11) is 4.26. The minimum atomic E-state index is -1.44. The van der Waals surface area contributed by atoms with Gasteiger partial charge in [0.05, 0.1) is 26.4 Å². The highest BCUT2D eigenvalue weighted by molar-refractivity contribution is 5.73. The first kappa shape index (κ1) is 36.0. The van der Waals surface area contributed by atoms with Gasteiger partial charge in [-0.2, -0.15) is 0 Å². The van der Waals surface area contributed by atoms with E-state index in [1.165, 1.54) is 21.3 Å². The van der Waals surface area contributed by atoms with Gasteiger partial charge >= 0.3 is 5.97 Å². The molecular weight excluding hydrogens is 624 g/mol. The lowest BCUT2D eigenvalue weighted by atomic mass is 9.96. The molecule has 0 aliphatic carbocycles. The molecule has 0 bridgehead atoms. The number of aliphatic hydroxyl groups is 1. The first-order valence-corrected chi connectivity index (χ1v) is 15.8. The Labute approximate surface area is 280 Å². The van der Waals surface area contributed by atoms with Gasteiger partial charge in [-0.3, -0.25) is 0 Å². The van der Waals surface area contributed by atoms with Crippen molar-refractivity contribution in [2.24, 2.45) is 0 Å². The Balaban J connectivity index is 1.46. The summed E-state index contributed by atoms with van der Waals surface area (Å²) in [5.74, 6) is -1.26. The molecule has 0 aromatic heterocycles. The molecule has 3 aromatic rings. The fraction of sp³-hybridized carbons (Fsp3) is 0.472. The first-order valence-electron chi connectivity index (χ1n) is 15.8. The SMILES string of the molecule is CO[C@@H]1[C@@H](OC)[C@@H](O[C@H]2[C@H](OCc3ccccc3)[C@@H](OCc3ccccc3)[C@@H](O)O[C@@H]2COCc2ccccc2)O[C@H](C(=O)O)[C@H]1OC. The normalized spacial score (nSPS) is 30.6. The monoisotopic (exact) mass is 668 g/mol. The van der Waals surface area contributed by atoms with Gasteiger partial charge in [-0.25, -0.2) is 4.79 Å². The predicted molar refractivity (Wildman–Crippen MR) is 171 cm³/mol. The van der Waals surface area contributed by atoms with E-state index in [4.69, 9.17) is 42.6 Å². The number of rotatable bonds is 16. The summed E-state index contributed by atoms with van der Waals surface area (Å²) in [6.45, 7) is 0.580. The standard InChI is InChI=1S/C36H44O12/c1-40-28-29(41-2)33(42-3)36(48-31(28)34(37)38)47-27-26(22-43-19-23-13-7-4-8-14-23)46-35(39)32(45-21-25-17-11-6-12-18-25)30(27)44-20-24-15-9-5-10-16-24/h4-18,26-33,35-36,39H,19-22H2,1-3H3,(H,37,38)/t26-,27-,28+,29+,30+,31+,32-,33-,35+,36+/m1/s1. The summed E-state index contributed by atoms with van der Waals surface area (Å²) in [4.78, 5) is 12.3. The summed E-state index contributed by atoms with van der Waals surface area (Å²) in [5, 5.41) is 21.4. The first-order chi connectivity index (χ1) is 23.4. The van der Waals surface area contributed by atoms with E-state index in [0.717, 1.165) is 16.7 Å². The van der Waals surface area contributed by atoms with Gasteiger partial charge in [0.15, 0.2) is 18.7 Å². The third-order valence-electron chi connectivity index (χ3n) is 8.42. The van der Waals surface area contributed by atoms with E-state index in [2.05, 4.69) is 0 Å². The molecule has 0 amide bonds. The number of carboxylic acids is 1. The Morgan fingerprint density at radius 1 is 0.625 bits per heavy atom. The molecule has 12 nitrogen and oxygen atoms in total. The van der Waals surface area contributed by atoms with E-state index in [9.17, 15) is 15.0 Å². The maximum Gasteiger partial charge on any atom is 0.335 e. The molecule has 12 heteroatoms. The van der Waals surface area contributed by atoms with Crippen molar-refractivity contribution < 1.29 is 57.6 Å². The molecule has 10 atom stereocenters. The van der Waals surface area contributed by atoms with Crippen LogP contribution in [0, 0.1) is 0 Å². The molecule has 2 heterocycles. The van der Waals surface area contributed by atoms with Crippen molar-refractivity contribution in [1.82, 2.24) is 0 Å². The molecule has 5 rings (SSSR count). The molecule has 2 aliphatic rings. The molecule has 0 spiro atoms. The lowest BCUT2D eigenvalue weighted by Gasteiger charge is -2.48. The Kier molecular flexibility index (Phi) is 13.5. The molecule has 2 saturated heterocycles. The van der Waals surface area contributed by atoms with Crippen molar-refractivity contribution >= 4 is 5.97 Å². The fourth-order valence-electron chi connectivity index (χ4n) is 6.01. The molecule has 2 aliphatic heterocycles. The second kappa shape index (κ2) is 17.9. The second-order valence-electron chi connectivity index (χ2n) is 11.6. The number of ether oxygens (including phenoxy) is 9. The van der Waals surface area contributed by atoms with Gasteiger partial charge in [0.25, 0.3) is 0 Å². The number of benzene rings is 3. The number of hydrogen-bond donors (Lipinski definition) is 2. The number of hydrogen-bond acceptors (Lipinski definition) is 11. The van der Waals surface area contributed by atoms with Crippen LogP contribution in [0.3, 0.4) is 0 Å². The molecule has 48 heavy (non-hydrogen) atoms. The largest absolute Gasteiger partial charge is 0.479 e. The maximum absolute atomic E-state index is 12.3. The topological polar surface area (TPSA) is 141 Å². The molecule has 260 valence electrons. The van der Waals surface area contributed by atoms with Crippen LogP contribution in [-0.2, 0) is 67.2 Å². The lowest BCUT2D eigenvalue weighted by molar-refractivity contribution is -0.364. The van der Waals surface area contributed by atoms with Crippen LogP contribution in [0.2, 0.25) is 0 Å². The Bertz CT molecular complexity index is 1360. The third-order valence-corrected chi connectivity index (χ3v) is 8.42. The van der Waals surface area contributed by atoms with Gasteiger partial charge < -0.3 is 52.8 Å². The van der Waals surface area contributed by atoms with Crippen molar-refractivity contribution in [1.29, 1.82) is 0 Å². The summed E-state index contributed by atoms with van der Waals surface area (Å²) in [6.07, 6.45) is -10.7. The van der Waals surface area contributed by atoms with Crippen LogP contribution in [0.4, 0.5) is 0 Å². The van der Waals surface area contributed by atoms with Gasteiger partial charge in [-0.05, 0) is 16.7 Å². The van der Waals surface area contributed by atoms with E-state index in [0.29, 0.717) is 0 Å². The van der Waals surface area contributed by atoms with Crippen LogP contribution in [0.15, 0.2) is 91.0 Å². The van der Waals surface area contributed by atoms with E-state index in [1.54, 1.807) is 0 Å². The molecule has 2 N–H and O–H groups in total. The second-order valence-corrected chi connectivity index (χ2v) is 11.6. The van der Waals surface area contributed by atoms with Gasteiger partial charge in [0.1, 0.15) is 42.7 Å². The van der Waals surface area contributed by atoms with E-state index in [-0.39, 0.29) is 26.4 Å². The van der Waals surface area contributed by atoms with Gasteiger partial charge in [-0.1, -0.05) is 91.0 Å². The summed E-state index contributed by atoms with van der Waals surface area (Å²) in [5.41, 5.74) is 2.71. The van der Waals surface area contributed by atoms with Crippen LogP contribution in [0.5, 0.6) is 0 Å². The van der Waals surface area contributed by atoms with Crippen LogP contribution in [-0.4, -0.2) is 106 Å². The highest BCUT2D eigenvalue weighted by atomic mass is 16.7. The minimum absolute atomic E-state index is 0.00560. The lowest BCUT2D eigenvalue weighted by Crippen LogP contribution is -2.66. The number of carbonyl (C=O) groups is 1. The molecule has 2 fully saturated rings. The zero-order valence-electron chi connectivity index (χ0n) is 27.2. The van der Waals surface area contributed by atoms with Crippen LogP contribution in [0.25, 0.3) is 0 Å². The van der Waals surface area contributed by atoms with Crippen LogP contribution >= 0.6 is 0 Å². The van der Waals surface area contributed by atoms with Crippen molar-refractivity contribution in [3.63, 3.8) is 0 Å². The van der Waals surface area contributed by atoms with Crippen molar-refractivity contribution in [3.05, 3.63) is 108 Å². The molecule has 0 saturated carbocycles. The Morgan fingerprint density at radius 3 is 1.62 bits per heavy atom. The van der Waals surface area contributed by atoms with Crippen LogP contribution in [0.1, 0.15) is 16.7 Å². The molecule has 3 aromatic carbocycles. The van der Waals surface area contributed by atoms with Crippen molar-refractivity contribution in [3.8, 4) is 0 Å². The molecule has 0 unspecified atom stereocenters. The van der Waals surface area contributed by atoms with E-state index >= 15 is 0 Å². The Hall–Kier alpha value is -3.27. The zero-order chi connectivity index (χ0) is 33.9. The van der Waals surface area contributed by atoms with Gasteiger partial charge in [0, 0.05) is 21.3 Å². The van der Waals surface area contributed by atoms with Crippen molar-refractivity contribution in [2.75, 3.05) is 27.9 Å². The Morgan fingerprint density at radius 2 is 1.12 bits per heavy atom. The highest BCUT2D eigenvalue weighted by Gasteiger charge is 2.54.